The van der Waals surface area contributed by atoms with Crippen molar-refractivity contribution in [2.45, 2.75) is 45.8 Å². The molecule has 1 N–H and O–H groups in total. The summed E-state index contributed by atoms with van der Waals surface area (Å²) in [5.41, 5.74) is -1.20. The lowest BCUT2D eigenvalue weighted by Gasteiger charge is -2.37. The molecule has 1 aliphatic heterocycles. The van der Waals surface area contributed by atoms with Crippen molar-refractivity contribution in [3.05, 3.63) is 0 Å². The molecular weight excluding hydrogens is 250 g/mol. The van der Waals surface area contributed by atoms with E-state index in [1.807, 2.05) is 13.8 Å². The first kappa shape index (κ1) is 15.8. The van der Waals surface area contributed by atoms with Crippen molar-refractivity contribution in [3.63, 3.8) is 0 Å². The third-order valence-corrected chi connectivity index (χ3v) is 2.87. The van der Waals surface area contributed by atoms with Crippen LogP contribution in [0, 0.1) is 5.92 Å². The van der Waals surface area contributed by atoms with E-state index in [4.69, 9.17) is 14.6 Å². The minimum Gasteiger partial charge on any atom is -0.481 e. The molecule has 1 rings (SSSR count). The number of nitrogens with zero attached hydrogens (tertiary/aromatic N) is 1. The molecule has 1 saturated heterocycles. The monoisotopic (exact) mass is 273 g/mol. The van der Waals surface area contributed by atoms with Gasteiger partial charge in [0.05, 0.1) is 24.7 Å². The van der Waals surface area contributed by atoms with E-state index in [0.717, 1.165) is 0 Å². The van der Waals surface area contributed by atoms with Gasteiger partial charge in [0.2, 0.25) is 0 Å². The number of carboxylic acids is 1. The van der Waals surface area contributed by atoms with Crippen LogP contribution < -0.4 is 0 Å². The second-order valence-electron chi connectivity index (χ2n) is 6.45. The molecule has 1 fully saturated rings. The average Bonchev–Trinajstić information content (AvgIpc) is 2.33. The van der Waals surface area contributed by atoms with E-state index in [-0.39, 0.29) is 19.8 Å². The molecule has 0 radical (unpaired) electrons. The molecule has 19 heavy (non-hydrogen) atoms. The summed E-state index contributed by atoms with van der Waals surface area (Å²) in [5.74, 6) is -1.69. The highest BCUT2D eigenvalue weighted by molar-refractivity contribution is 5.73. The number of carboxylic acid groups (broad SMARTS) is 1. The van der Waals surface area contributed by atoms with E-state index in [2.05, 4.69) is 0 Å². The molecule has 1 aliphatic rings. The average molecular weight is 273 g/mol. The number of hydrogen-bond donors (Lipinski definition) is 1. The number of rotatable bonds is 1. The van der Waals surface area contributed by atoms with Gasteiger partial charge in [-0.15, -0.1) is 0 Å². The van der Waals surface area contributed by atoms with E-state index >= 15 is 0 Å². The molecule has 0 aromatic carbocycles. The quantitative estimate of drug-likeness (QED) is 0.787. The molecule has 6 heteroatoms. The second-order valence-corrected chi connectivity index (χ2v) is 6.45. The maximum absolute atomic E-state index is 12.2. The van der Waals surface area contributed by atoms with Crippen molar-refractivity contribution < 1.29 is 24.2 Å². The van der Waals surface area contributed by atoms with Crippen LogP contribution in [0.3, 0.4) is 0 Å². The zero-order valence-electron chi connectivity index (χ0n) is 12.2. The van der Waals surface area contributed by atoms with Gasteiger partial charge in [0, 0.05) is 6.54 Å². The number of hydrogen-bond acceptors (Lipinski definition) is 4. The first-order chi connectivity index (χ1) is 8.53. The summed E-state index contributed by atoms with van der Waals surface area (Å²) in [4.78, 5) is 24.8. The highest BCUT2D eigenvalue weighted by Gasteiger charge is 2.39. The molecule has 0 aromatic rings. The van der Waals surface area contributed by atoms with Crippen molar-refractivity contribution in [2.75, 3.05) is 19.8 Å². The van der Waals surface area contributed by atoms with Crippen LogP contribution in [-0.2, 0) is 14.3 Å². The summed E-state index contributed by atoms with van der Waals surface area (Å²) in [6.07, 6.45) is -0.505. The lowest BCUT2D eigenvalue weighted by Crippen LogP contribution is -2.52. The van der Waals surface area contributed by atoms with Gasteiger partial charge in [0.15, 0.2) is 0 Å². The first-order valence-corrected chi connectivity index (χ1v) is 6.34. The Morgan fingerprint density at radius 1 is 1.37 bits per heavy atom. The Balaban J connectivity index is 2.90. The number of carbonyl (C=O) groups is 2. The van der Waals surface area contributed by atoms with Crippen molar-refractivity contribution in [1.82, 2.24) is 4.90 Å². The molecule has 0 aromatic heterocycles. The van der Waals surface area contributed by atoms with E-state index in [1.165, 1.54) is 4.90 Å². The minimum atomic E-state index is -0.966. The standard InChI is InChI=1S/C13H23NO5/c1-12(2,3)19-11(17)14-6-9(10(15)16)7-18-8-13(14,4)5/h9H,6-8H2,1-5H3,(H,15,16)/t9-/m1/s1. The molecule has 6 nitrogen and oxygen atoms in total. The molecule has 0 aliphatic carbocycles. The number of amides is 1. The normalized spacial score (nSPS) is 23.6. The smallest absolute Gasteiger partial charge is 0.410 e. The van der Waals surface area contributed by atoms with Crippen molar-refractivity contribution in [2.24, 2.45) is 5.92 Å². The maximum atomic E-state index is 12.2. The highest BCUT2D eigenvalue weighted by atomic mass is 16.6. The van der Waals surface area contributed by atoms with Crippen LogP contribution in [-0.4, -0.2) is 53.0 Å². The summed E-state index contributed by atoms with van der Waals surface area (Å²) in [7, 11) is 0. The lowest BCUT2D eigenvalue weighted by atomic mass is 10.0. The third-order valence-electron chi connectivity index (χ3n) is 2.87. The van der Waals surface area contributed by atoms with Crippen molar-refractivity contribution in [1.29, 1.82) is 0 Å². The summed E-state index contributed by atoms with van der Waals surface area (Å²) in [6.45, 7) is 9.50. The molecule has 1 heterocycles. The Hall–Kier alpha value is -1.30. The predicted octanol–water partition coefficient (Wildman–Crippen LogP) is 1.73. The van der Waals surface area contributed by atoms with Gasteiger partial charge < -0.3 is 14.6 Å². The van der Waals surface area contributed by atoms with Crippen molar-refractivity contribution >= 4 is 12.1 Å². The summed E-state index contributed by atoms with van der Waals surface area (Å²) < 4.78 is 10.7. The summed E-state index contributed by atoms with van der Waals surface area (Å²) in [5, 5.41) is 9.11. The van der Waals surface area contributed by atoms with Crippen LogP contribution in [0.15, 0.2) is 0 Å². The van der Waals surface area contributed by atoms with Gasteiger partial charge in [-0.05, 0) is 34.6 Å². The molecule has 1 atom stereocenters. The number of carbonyl (C=O) groups excluding carboxylic acids is 1. The van der Waals surface area contributed by atoms with Crippen LogP contribution in [0.4, 0.5) is 4.79 Å². The lowest BCUT2D eigenvalue weighted by molar-refractivity contribution is -0.143. The molecule has 0 bridgehead atoms. The third kappa shape index (κ3) is 4.38. The molecule has 0 saturated carbocycles. The van der Waals surface area contributed by atoms with E-state index in [9.17, 15) is 9.59 Å². The second kappa shape index (κ2) is 5.36. The zero-order chi connectivity index (χ0) is 14.8. The van der Waals surface area contributed by atoms with Gasteiger partial charge in [-0.2, -0.15) is 0 Å². The predicted molar refractivity (Wildman–Crippen MR) is 69.0 cm³/mol. The molecule has 0 unspecified atom stereocenters. The van der Waals surface area contributed by atoms with E-state index in [1.54, 1.807) is 20.8 Å². The van der Waals surface area contributed by atoms with Gasteiger partial charge in [0.1, 0.15) is 5.60 Å². The zero-order valence-corrected chi connectivity index (χ0v) is 12.2. The molecule has 0 spiro atoms. The van der Waals surface area contributed by atoms with Crippen LogP contribution in [0.5, 0.6) is 0 Å². The maximum Gasteiger partial charge on any atom is 0.410 e. The Morgan fingerprint density at radius 3 is 2.42 bits per heavy atom. The number of ether oxygens (including phenoxy) is 2. The van der Waals surface area contributed by atoms with Gasteiger partial charge >= 0.3 is 12.1 Å². The van der Waals surface area contributed by atoms with Gasteiger partial charge in [0.25, 0.3) is 0 Å². The topological polar surface area (TPSA) is 76.1 Å². The minimum absolute atomic E-state index is 0.0945. The fourth-order valence-electron chi connectivity index (χ4n) is 1.84. The van der Waals surface area contributed by atoms with Crippen LogP contribution in [0.1, 0.15) is 34.6 Å². The van der Waals surface area contributed by atoms with Gasteiger partial charge in [-0.3, -0.25) is 9.69 Å². The summed E-state index contributed by atoms with van der Waals surface area (Å²) in [6, 6.07) is 0. The van der Waals surface area contributed by atoms with Crippen LogP contribution in [0.2, 0.25) is 0 Å². The molecular formula is C13H23NO5. The molecule has 1 amide bonds. The summed E-state index contributed by atoms with van der Waals surface area (Å²) >= 11 is 0. The molecule has 110 valence electrons. The van der Waals surface area contributed by atoms with Crippen LogP contribution in [0.25, 0.3) is 0 Å². The van der Waals surface area contributed by atoms with Gasteiger partial charge in [-0.25, -0.2) is 4.79 Å². The Morgan fingerprint density at radius 2 is 1.95 bits per heavy atom. The van der Waals surface area contributed by atoms with E-state index < -0.39 is 29.1 Å². The largest absolute Gasteiger partial charge is 0.481 e. The van der Waals surface area contributed by atoms with E-state index in [0.29, 0.717) is 0 Å². The van der Waals surface area contributed by atoms with Crippen LogP contribution >= 0.6 is 0 Å². The first-order valence-electron chi connectivity index (χ1n) is 6.34. The fraction of sp³-hybridized carbons (Fsp3) is 0.846. The number of aliphatic carboxylic acids is 1. The fourth-order valence-corrected chi connectivity index (χ4v) is 1.84. The highest BCUT2D eigenvalue weighted by Crippen LogP contribution is 2.24. The Kier molecular flexibility index (Phi) is 4.45. The Bertz CT molecular complexity index is 359. The van der Waals surface area contributed by atoms with Crippen molar-refractivity contribution in [3.8, 4) is 0 Å². The Labute approximate surface area is 113 Å². The SMILES string of the molecule is CC(C)(C)OC(=O)N1C[C@@H](C(=O)O)COCC1(C)C. The van der Waals surface area contributed by atoms with Gasteiger partial charge in [-0.1, -0.05) is 0 Å².